The van der Waals surface area contributed by atoms with Gasteiger partial charge < -0.3 is 21.6 Å². The molecule has 0 saturated heterocycles. The van der Waals surface area contributed by atoms with E-state index in [0.29, 0.717) is 10.1 Å². The van der Waals surface area contributed by atoms with Crippen LogP contribution in [-0.2, 0) is 0 Å². The topological polar surface area (TPSA) is 135 Å². The normalized spacial score (nSPS) is 10.3. The quantitative estimate of drug-likeness (QED) is 0.481. The molecule has 8 heteroatoms. The summed E-state index contributed by atoms with van der Waals surface area (Å²) in [4.78, 5) is 29.1. The molecule has 0 spiro atoms. The van der Waals surface area contributed by atoms with E-state index in [9.17, 15) is 9.59 Å². The molecule has 0 amide bonds. The Bertz CT molecular complexity index is 699. The fourth-order valence-electron chi connectivity index (χ4n) is 1.41. The smallest absolute Gasteiger partial charge is 0.337 e. The number of anilines is 2. The molecule has 0 aliphatic heterocycles. The Morgan fingerprint density at radius 1 is 1.32 bits per heavy atom. The Balaban J connectivity index is 2.31. The van der Waals surface area contributed by atoms with Crippen LogP contribution in [0.4, 0.5) is 11.5 Å². The summed E-state index contributed by atoms with van der Waals surface area (Å²) in [5, 5.41) is 9.17. The maximum absolute atomic E-state index is 11.2. The van der Waals surface area contributed by atoms with Crippen LogP contribution < -0.4 is 17.0 Å². The van der Waals surface area contributed by atoms with Crippen LogP contribution in [0.1, 0.15) is 10.4 Å². The van der Waals surface area contributed by atoms with Crippen LogP contribution >= 0.6 is 11.8 Å². The molecule has 19 heavy (non-hydrogen) atoms. The molecule has 1 heterocycles. The molecule has 2 rings (SSSR count). The number of aromatic carboxylic acids is 1. The second-order valence-corrected chi connectivity index (χ2v) is 4.69. The summed E-state index contributed by atoms with van der Waals surface area (Å²) in [6, 6.07) is 5.64. The highest BCUT2D eigenvalue weighted by molar-refractivity contribution is 7.99. The van der Waals surface area contributed by atoms with Crippen molar-refractivity contribution < 1.29 is 9.90 Å². The zero-order chi connectivity index (χ0) is 14.0. The van der Waals surface area contributed by atoms with E-state index in [0.717, 1.165) is 11.8 Å². The minimum atomic E-state index is -1.09. The molecule has 6 N–H and O–H groups in total. The average molecular weight is 278 g/mol. The zero-order valence-corrected chi connectivity index (χ0v) is 10.4. The predicted molar refractivity (Wildman–Crippen MR) is 71.2 cm³/mol. The Kier molecular flexibility index (Phi) is 3.43. The highest BCUT2D eigenvalue weighted by Gasteiger charge is 2.09. The van der Waals surface area contributed by atoms with Crippen LogP contribution in [0.25, 0.3) is 0 Å². The van der Waals surface area contributed by atoms with E-state index in [1.54, 1.807) is 6.07 Å². The number of hydrogen-bond donors (Lipinski definition) is 4. The summed E-state index contributed by atoms with van der Waals surface area (Å²) in [6.07, 6.45) is 0. The van der Waals surface area contributed by atoms with Gasteiger partial charge in [-0.2, -0.15) is 0 Å². The second-order valence-electron chi connectivity index (χ2n) is 3.63. The van der Waals surface area contributed by atoms with Gasteiger partial charge in [0.1, 0.15) is 5.82 Å². The monoisotopic (exact) mass is 278 g/mol. The van der Waals surface area contributed by atoms with Crippen LogP contribution in [0.3, 0.4) is 0 Å². The van der Waals surface area contributed by atoms with Crippen LogP contribution in [0.5, 0.6) is 0 Å². The molecule has 0 bridgehead atoms. The van der Waals surface area contributed by atoms with E-state index in [2.05, 4.69) is 9.97 Å². The number of carboxylic acid groups (broad SMARTS) is 1. The van der Waals surface area contributed by atoms with Crippen molar-refractivity contribution in [3.8, 4) is 0 Å². The van der Waals surface area contributed by atoms with E-state index in [-0.39, 0.29) is 22.6 Å². The number of carbonyl (C=O) groups is 1. The number of benzene rings is 1. The molecule has 0 radical (unpaired) electrons. The molecule has 0 aliphatic carbocycles. The molecule has 1 aromatic heterocycles. The molecule has 0 aliphatic rings. The number of aromatic amines is 1. The van der Waals surface area contributed by atoms with Gasteiger partial charge in [-0.15, -0.1) is 0 Å². The number of H-pyrrole nitrogens is 1. The number of aromatic nitrogens is 2. The van der Waals surface area contributed by atoms with Gasteiger partial charge in [0, 0.05) is 16.6 Å². The van der Waals surface area contributed by atoms with Crippen LogP contribution in [0.2, 0.25) is 0 Å². The van der Waals surface area contributed by atoms with Crippen LogP contribution in [0, 0.1) is 0 Å². The first-order valence-electron chi connectivity index (χ1n) is 5.13. The molecule has 0 atom stereocenters. The molecule has 0 fully saturated rings. The molecule has 0 saturated carbocycles. The number of nitrogens with one attached hydrogen (secondary N) is 1. The van der Waals surface area contributed by atoms with Crippen LogP contribution in [0.15, 0.2) is 39.1 Å². The third-order valence-corrected chi connectivity index (χ3v) is 3.08. The van der Waals surface area contributed by atoms with Crippen molar-refractivity contribution in [3.05, 3.63) is 40.2 Å². The summed E-state index contributed by atoms with van der Waals surface area (Å²) in [6.45, 7) is 0. The van der Waals surface area contributed by atoms with Gasteiger partial charge in [0.25, 0.3) is 5.56 Å². The third kappa shape index (κ3) is 3.05. The predicted octanol–water partition coefficient (Wildman–Crippen LogP) is 0.784. The number of carboxylic acids is 1. The molecular formula is C11H10N4O3S. The lowest BCUT2D eigenvalue weighted by Gasteiger charge is -2.05. The lowest BCUT2D eigenvalue weighted by Crippen LogP contribution is -2.09. The lowest BCUT2D eigenvalue weighted by atomic mass is 10.2. The fraction of sp³-hybridized carbons (Fsp3) is 0. The number of nitrogens with two attached hydrogens (primary N) is 2. The van der Waals surface area contributed by atoms with Crippen LogP contribution in [-0.4, -0.2) is 21.0 Å². The van der Waals surface area contributed by atoms with Crippen molar-refractivity contribution in [2.24, 2.45) is 0 Å². The van der Waals surface area contributed by atoms with Gasteiger partial charge in [-0.25, -0.2) is 9.78 Å². The molecule has 2 aromatic rings. The summed E-state index contributed by atoms with van der Waals surface area (Å²) in [5.74, 6) is -0.981. The Morgan fingerprint density at radius 2 is 2.05 bits per heavy atom. The van der Waals surface area contributed by atoms with E-state index in [4.69, 9.17) is 16.6 Å². The number of nitrogens with zero attached hydrogens (tertiary/aromatic N) is 1. The zero-order valence-electron chi connectivity index (χ0n) is 9.58. The summed E-state index contributed by atoms with van der Waals surface area (Å²) in [7, 11) is 0. The maximum atomic E-state index is 11.2. The third-order valence-electron chi connectivity index (χ3n) is 2.21. The fourth-order valence-corrected chi connectivity index (χ4v) is 2.26. The highest BCUT2D eigenvalue weighted by Crippen LogP contribution is 2.27. The van der Waals surface area contributed by atoms with Gasteiger partial charge in [-0.1, -0.05) is 11.8 Å². The summed E-state index contributed by atoms with van der Waals surface area (Å²) < 4.78 is 0. The van der Waals surface area contributed by atoms with E-state index in [1.807, 2.05) is 0 Å². The number of hydrogen-bond acceptors (Lipinski definition) is 6. The number of nitrogen functional groups attached to an aromatic ring is 2. The maximum Gasteiger partial charge on any atom is 0.337 e. The first kappa shape index (κ1) is 13.0. The SMILES string of the molecule is Nc1cc(=O)[nH]c(Sc2ccc(C(=O)O)c(N)c2)n1. The second kappa shape index (κ2) is 5.02. The van der Waals surface area contributed by atoms with Gasteiger partial charge in [0.15, 0.2) is 5.16 Å². The minimum absolute atomic E-state index is 0.0263. The standard InChI is InChI=1S/C11H10N4O3S/c12-7-3-5(1-2-6(7)10(17)18)19-11-14-8(13)4-9(16)15-11/h1-4H,12H2,(H,17,18)(H3,13,14,15,16). The van der Waals surface area contributed by atoms with Crippen molar-refractivity contribution in [1.82, 2.24) is 9.97 Å². The lowest BCUT2D eigenvalue weighted by molar-refractivity contribution is 0.0698. The summed E-state index contributed by atoms with van der Waals surface area (Å²) >= 11 is 1.13. The molecule has 98 valence electrons. The Morgan fingerprint density at radius 3 is 2.63 bits per heavy atom. The molecule has 0 unspecified atom stereocenters. The molecular weight excluding hydrogens is 268 g/mol. The van der Waals surface area contributed by atoms with Crippen molar-refractivity contribution >= 4 is 29.2 Å². The van der Waals surface area contributed by atoms with Gasteiger partial charge in [-0.05, 0) is 18.2 Å². The molecule has 7 nitrogen and oxygen atoms in total. The van der Waals surface area contributed by atoms with Crippen molar-refractivity contribution in [2.75, 3.05) is 11.5 Å². The van der Waals surface area contributed by atoms with Gasteiger partial charge >= 0.3 is 5.97 Å². The summed E-state index contributed by atoms with van der Waals surface area (Å²) in [5.41, 5.74) is 10.9. The Labute approximate surface area is 111 Å². The average Bonchev–Trinajstić information content (AvgIpc) is 2.26. The van der Waals surface area contributed by atoms with Gasteiger partial charge in [0.05, 0.1) is 5.56 Å². The van der Waals surface area contributed by atoms with E-state index >= 15 is 0 Å². The van der Waals surface area contributed by atoms with E-state index < -0.39 is 5.97 Å². The first-order chi connectivity index (χ1) is 8.95. The van der Waals surface area contributed by atoms with Crippen molar-refractivity contribution in [2.45, 2.75) is 10.1 Å². The first-order valence-corrected chi connectivity index (χ1v) is 5.95. The van der Waals surface area contributed by atoms with E-state index in [1.165, 1.54) is 18.2 Å². The minimum Gasteiger partial charge on any atom is -0.478 e. The molecule has 1 aromatic carbocycles. The largest absolute Gasteiger partial charge is 0.478 e. The van der Waals surface area contributed by atoms with Crippen molar-refractivity contribution in [1.29, 1.82) is 0 Å². The van der Waals surface area contributed by atoms with Crippen molar-refractivity contribution in [3.63, 3.8) is 0 Å². The van der Waals surface area contributed by atoms with Gasteiger partial charge in [0.2, 0.25) is 0 Å². The number of rotatable bonds is 3. The Hall–Kier alpha value is -2.48. The van der Waals surface area contributed by atoms with Gasteiger partial charge in [-0.3, -0.25) is 4.79 Å². The highest BCUT2D eigenvalue weighted by atomic mass is 32.2.